The van der Waals surface area contributed by atoms with Gasteiger partial charge >= 0.3 is 0 Å². The largest absolute Gasteiger partial charge is 0.293 e. The Morgan fingerprint density at radius 1 is 1.50 bits per heavy atom. The predicted molar refractivity (Wildman–Crippen MR) is 45.1 cm³/mol. The maximum Gasteiger partial charge on any atom is 0.179 e. The van der Waals surface area contributed by atoms with E-state index in [1.807, 2.05) is 0 Å². The number of rotatable bonds is 2. The van der Waals surface area contributed by atoms with Crippen molar-refractivity contribution < 1.29 is 4.79 Å². The van der Waals surface area contributed by atoms with Gasteiger partial charge in [0.25, 0.3) is 0 Å². The third-order valence-electron chi connectivity index (χ3n) is 1.78. The fourth-order valence-corrected chi connectivity index (χ4v) is 1.97. The second kappa shape index (κ2) is 3.24. The summed E-state index contributed by atoms with van der Waals surface area (Å²) in [6.07, 6.45) is 2.06. The molecular formula is C8H12OS. The highest BCUT2D eigenvalue weighted by Crippen LogP contribution is 2.33. The quantitative estimate of drug-likeness (QED) is 0.571. The monoisotopic (exact) mass is 156 g/mol. The van der Waals surface area contributed by atoms with Crippen LogP contribution in [-0.2, 0) is 4.79 Å². The van der Waals surface area contributed by atoms with Crippen LogP contribution in [0, 0.1) is 0 Å². The zero-order valence-electron chi connectivity index (χ0n) is 6.44. The fourth-order valence-electron chi connectivity index (χ4n) is 1.07. The van der Waals surface area contributed by atoms with Crippen molar-refractivity contribution in [2.45, 2.75) is 26.7 Å². The summed E-state index contributed by atoms with van der Waals surface area (Å²) in [6, 6.07) is 0. The number of allylic oxidation sites excluding steroid dienone is 2. The van der Waals surface area contributed by atoms with Crippen molar-refractivity contribution in [2.24, 2.45) is 0 Å². The van der Waals surface area contributed by atoms with E-state index in [4.69, 9.17) is 0 Å². The van der Waals surface area contributed by atoms with E-state index in [0.717, 1.165) is 17.7 Å². The molecule has 1 nitrogen and oxygen atoms in total. The van der Waals surface area contributed by atoms with Crippen LogP contribution in [-0.4, -0.2) is 11.5 Å². The number of ketones is 1. The number of carbonyl (C=O) groups excluding carboxylic acids is 1. The average Bonchev–Trinajstić information content (AvgIpc) is 1.96. The van der Waals surface area contributed by atoms with Gasteiger partial charge in [0.1, 0.15) is 0 Å². The summed E-state index contributed by atoms with van der Waals surface area (Å²) in [4.78, 5) is 12.0. The number of carbonyl (C=O) groups is 1. The molecule has 1 aliphatic rings. The van der Waals surface area contributed by atoms with Gasteiger partial charge in [0.15, 0.2) is 5.78 Å². The second-order valence-corrected chi connectivity index (χ2v) is 3.34. The van der Waals surface area contributed by atoms with Crippen molar-refractivity contribution in [3.63, 3.8) is 0 Å². The van der Waals surface area contributed by atoms with Crippen LogP contribution in [0.25, 0.3) is 0 Å². The molecule has 0 aliphatic carbocycles. The Balaban J connectivity index is 2.71. The summed E-state index contributed by atoms with van der Waals surface area (Å²) < 4.78 is 0. The molecule has 2 heteroatoms. The highest BCUT2D eigenvalue weighted by atomic mass is 32.2. The molecule has 10 heavy (non-hydrogen) atoms. The Morgan fingerprint density at radius 3 is 2.20 bits per heavy atom. The van der Waals surface area contributed by atoms with E-state index < -0.39 is 0 Å². The maximum absolute atomic E-state index is 10.9. The van der Waals surface area contributed by atoms with E-state index in [1.165, 1.54) is 5.57 Å². The molecular weight excluding hydrogens is 144 g/mol. The molecule has 56 valence electrons. The smallest absolute Gasteiger partial charge is 0.179 e. The summed E-state index contributed by atoms with van der Waals surface area (Å²) in [5.74, 6) is 1.06. The van der Waals surface area contributed by atoms with Gasteiger partial charge in [-0.1, -0.05) is 19.4 Å². The molecule has 0 bridgehead atoms. The Labute approximate surface area is 65.9 Å². The van der Waals surface area contributed by atoms with Crippen LogP contribution in [0.3, 0.4) is 0 Å². The zero-order valence-corrected chi connectivity index (χ0v) is 7.25. The molecule has 1 heterocycles. The summed E-state index contributed by atoms with van der Waals surface area (Å²) in [5, 5.41) is 0. The van der Waals surface area contributed by atoms with Crippen LogP contribution >= 0.6 is 11.8 Å². The topological polar surface area (TPSA) is 17.1 Å². The van der Waals surface area contributed by atoms with Crippen LogP contribution in [0.4, 0.5) is 0 Å². The molecule has 0 aromatic carbocycles. The Hall–Kier alpha value is -0.240. The second-order valence-electron chi connectivity index (χ2n) is 2.35. The van der Waals surface area contributed by atoms with E-state index >= 15 is 0 Å². The molecule has 0 aromatic rings. The third-order valence-corrected chi connectivity index (χ3v) is 2.99. The summed E-state index contributed by atoms with van der Waals surface area (Å²) >= 11 is 1.70. The minimum atomic E-state index is 0.351. The van der Waals surface area contributed by atoms with Gasteiger partial charge in [-0.25, -0.2) is 0 Å². The molecule has 1 aliphatic heterocycles. The molecule has 0 aromatic heterocycles. The third kappa shape index (κ3) is 1.26. The van der Waals surface area contributed by atoms with Gasteiger partial charge in [0.05, 0.1) is 10.7 Å². The Kier molecular flexibility index (Phi) is 2.55. The van der Waals surface area contributed by atoms with Crippen molar-refractivity contribution in [3.8, 4) is 0 Å². The lowest BCUT2D eigenvalue weighted by molar-refractivity contribution is -0.113. The first-order valence-corrected chi connectivity index (χ1v) is 4.66. The molecule has 0 amide bonds. The first-order chi connectivity index (χ1) is 4.79. The van der Waals surface area contributed by atoms with Gasteiger partial charge in [-0.3, -0.25) is 4.79 Å². The zero-order chi connectivity index (χ0) is 7.56. The van der Waals surface area contributed by atoms with Crippen LogP contribution in [0.2, 0.25) is 0 Å². The first kappa shape index (κ1) is 7.86. The number of hydrogen-bond donors (Lipinski definition) is 0. The SMILES string of the molecule is CCC(CC)=C1SCC1=O. The van der Waals surface area contributed by atoms with Crippen LogP contribution in [0.5, 0.6) is 0 Å². The Morgan fingerprint density at radius 2 is 2.10 bits per heavy atom. The molecule has 1 fully saturated rings. The summed E-state index contributed by atoms with van der Waals surface area (Å²) in [7, 11) is 0. The number of thioether (sulfide) groups is 1. The van der Waals surface area contributed by atoms with Gasteiger partial charge in [0, 0.05) is 0 Å². The highest BCUT2D eigenvalue weighted by molar-refractivity contribution is 8.07. The highest BCUT2D eigenvalue weighted by Gasteiger charge is 2.23. The standard InChI is InChI=1S/C8H12OS/c1-3-6(4-2)8-7(9)5-10-8/h3-5H2,1-2H3. The van der Waals surface area contributed by atoms with Crippen LogP contribution in [0.15, 0.2) is 10.5 Å². The van der Waals surface area contributed by atoms with E-state index in [-0.39, 0.29) is 0 Å². The van der Waals surface area contributed by atoms with E-state index in [9.17, 15) is 4.79 Å². The molecule has 1 rings (SSSR count). The number of hydrogen-bond acceptors (Lipinski definition) is 2. The molecule has 0 unspecified atom stereocenters. The van der Waals surface area contributed by atoms with E-state index in [1.54, 1.807) is 11.8 Å². The molecule has 0 radical (unpaired) electrons. The minimum absolute atomic E-state index is 0.351. The minimum Gasteiger partial charge on any atom is -0.293 e. The molecule has 0 atom stereocenters. The molecule has 0 N–H and O–H groups in total. The normalized spacial score (nSPS) is 17.0. The lowest BCUT2D eigenvalue weighted by atomic mass is 10.1. The van der Waals surface area contributed by atoms with Crippen molar-refractivity contribution in [3.05, 3.63) is 10.5 Å². The molecule has 0 saturated carbocycles. The molecule has 1 saturated heterocycles. The first-order valence-electron chi connectivity index (χ1n) is 3.67. The van der Waals surface area contributed by atoms with Gasteiger partial charge in [-0.15, -0.1) is 11.8 Å². The van der Waals surface area contributed by atoms with Gasteiger partial charge in [-0.05, 0) is 12.8 Å². The van der Waals surface area contributed by atoms with E-state index in [2.05, 4.69) is 13.8 Å². The predicted octanol–water partition coefficient (Wildman–Crippen LogP) is 2.38. The lowest BCUT2D eigenvalue weighted by Gasteiger charge is -2.18. The van der Waals surface area contributed by atoms with Gasteiger partial charge in [0.2, 0.25) is 0 Å². The summed E-state index contributed by atoms with van der Waals surface area (Å²) in [6.45, 7) is 4.22. The van der Waals surface area contributed by atoms with Crippen LogP contribution in [0.1, 0.15) is 26.7 Å². The van der Waals surface area contributed by atoms with E-state index in [0.29, 0.717) is 11.5 Å². The van der Waals surface area contributed by atoms with Gasteiger partial charge < -0.3 is 0 Å². The summed E-state index contributed by atoms with van der Waals surface area (Å²) in [5.41, 5.74) is 1.33. The lowest BCUT2D eigenvalue weighted by Crippen LogP contribution is -2.16. The average molecular weight is 156 g/mol. The van der Waals surface area contributed by atoms with Crippen LogP contribution < -0.4 is 0 Å². The van der Waals surface area contributed by atoms with Gasteiger partial charge in [-0.2, -0.15) is 0 Å². The van der Waals surface area contributed by atoms with Crippen molar-refractivity contribution >= 4 is 17.5 Å². The van der Waals surface area contributed by atoms with Crippen molar-refractivity contribution in [2.75, 3.05) is 5.75 Å². The molecule has 0 spiro atoms. The van der Waals surface area contributed by atoms with Crippen molar-refractivity contribution in [1.82, 2.24) is 0 Å². The fraction of sp³-hybridized carbons (Fsp3) is 0.625. The number of Topliss-reactive ketones (excluding diaryl/α,β-unsaturated/α-hetero) is 1. The van der Waals surface area contributed by atoms with Crippen molar-refractivity contribution in [1.29, 1.82) is 0 Å². The maximum atomic E-state index is 10.9. The Bertz CT molecular complexity index is 176.